The summed E-state index contributed by atoms with van der Waals surface area (Å²) in [4.78, 5) is 26.9. The molecule has 4 unspecified atom stereocenters. The average molecular weight is 439 g/mol. The van der Waals surface area contributed by atoms with Gasteiger partial charge < -0.3 is 15.0 Å². The molecule has 0 spiro atoms. The standard InChI is InChI=1S/C27H38N2O3/c1-26-13-11-21-20(9-10-23-27(21,2)14-12-24(30)29(23)3)22(26)15-19(16-26)32-25(31)28-17-18-7-5-4-6-8-18/h4-8,19-23H,9-17H2,1-3H3,(H,28,31)/t19-,20?,21?,22?,23?,26+,27+/m0/s1. The number of hydrogen-bond acceptors (Lipinski definition) is 3. The summed E-state index contributed by atoms with van der Waals surface area (Å²) >= 11 is 0. The van der Waals surface area contributed by atoms with Crippen LogP contribution in [0.3, 0.4) is 0 Å². The zero-order chi connectivity index (χ0) is 22.5. The lowest BCUT2D eigenvalue weighted by molar-refractivity contribution is -0.156. The zero-order valence-corrected chi connectivity index (χ0v) is 19.8. The SMILES string of the molecule is CN1C(=O)CC[C@]2(C)C3CC[C@]4(C)C[C@@H](OC(=O)NCc5ccccc5)CC4C3CCC12. The Morgan fingerprint density at radius 2 is 1.91 bits per heavy atom. The van der Waals surface area contributed by atoms with Crippen LogP contribution in [0.4, 0.5) is 4.79 Å². The van der Waals surface area contributed by atoms with Gasteiger partial charge in [0.05, 0.1) is 0 Å². The summed E-state index contributed by atoms with van der Waals surface area (Å²) in [5.41, 5.74) is 1.59. The lowest BCUT2D eigenvalue weighted by Crippen LogP contribution is -2.61. The van der Waals surface area contributed by atoms with E-state index in [1.807, 2.05) is 37.4 Å². The molecule has 5 nitrogen and oxygen atoms in total. The van der Waals surface area contributed by atoms with Gasteiger partial charge in [-0.1, -0.05) is 44.2 Å². The Kier molecular flexibility index (Phi) is 5.50. The highest BCUT2D eigenvalue weighted by molar-refractivity contribution is 5.77. The molecular formula is C27H38N2O3. The van der Waals surface area contributed by atoms with Gasteiger partial charge in [-0.15, -0.1) is 0 Å². The number of nitrogens with one attached hydrogen (secondary N) is 1. The van der Waals surface area contributed by atoms with Crippen LogP contribution in [0.2, 0.25) is 0 Å². The second kappa shape index (κ2) is 8.07. The van der Waals surface area contributed by atoms with Crippen molar-refractivity contribution in [2.24, 2.45) is 28.6 Å². The van der Waals surface area contributed by atoms with Gasteiger partial charge in [0.15, 0.2) is 0 Å². The molecule has 1 aromatic carbocycles. The van der Waals surface area contributed by atoms with E-state index in [2.05, 4.69) is 24.1 Å². The first-order chi connectivity index (χ1) is 15.3. The topological polar surface area (TPSA) is 58.6 Å². The van der Waals surface area contributed by atoms with Crippen molar-refractivity contribution in [1.82, 2.24) is 10.2 Å². The normalized spacial score (nSPS) is 40.8. The minimum absolute atomic E-state index is 0.0145. The predicted octanol–water partition coefficient (Wildman–Crippen LogP) is 5.14. The van der Waals surface area contributed by atoms with Gasteiger partial charge in [-0.2, -0.15) is 0 Å². The van der Waals surface area contributed by atoms with Crippen molar-refractivity contribution in [3.8, 4) is 0 Å². The van der Waals surface area contributed by atoms with Gasteiger partial charge in [0.1, 0.15) is 6.10 Å². The quantitative estimate of drug-likeness (QED) is 0.710. The third kappa shape index (κ3) is 3.62. The fraction of sp³-hybridized carbons (Fsp3) is 0.704. The Balaban J connectivity index is 1.24. The first-order valence-electron chi connectivity index (χ1n) is 12.5. The summed E-state index contributed by atoms with van der Waals surface area (Å²) in [5.74, 6) is 2.31. The Morgan fingerprint density at radius 3 is 2.69 bits per heavy atom. The number of alkyl carbamates (subject to hydrolysis) is 1. The fourth-order valence-electron chi connectivity index (χ4n) is 8.20. The molecule has 3 aliphatic carbocycles. The molecule has 0 bridgehead atoms. The second-order valence-electron chi connectivity index (χ2n) is 11.5. The highest BCUT2D eigenvalue weighted by atomic mass is 16.6. The van der Waals surface area contributed by atoms with Crippen LogP contribution < -0.4 is 5.32 Å². The minimum Gasteiger partial charge on any atom is -0.446 e. The van der Waals surface area contributed by atoms with Gasteiger partial charge >= 0.3 is 6.09 Å². The van der Waals surface area contributed by atoms with Crippen molar-refractivity contribution in [2.45, 2.75) is 83.9 Å². The molecule has 174 valence electrons. The van der Waals surface area contributed by atoms with Crippen LogP contribution in [0.25, 0.3) is 0 Å². The van der Waals surface area contributed by atoms with Gasteiger partial charge in [-0.25, -0.2) is 4.79 Å². The molecule has 0 radical (unpaired) electrons. The van der Waals surface area contributed by atoms with Crippen LogP contribution in [0.1, 0.15) is 70.8 Å². The van der Waals surface area contributed by atoms with Gasteiger partial charge in [-0.3, -0.25) is 4.79 Å². The van der Waals surface area contributed by atoms with Crippen LogP contribution >= 0.6 is 0 Å². The number of hydrogen-bond donors (Lipinski definition) is 1. The van der Waals surface area contributed by atoms with Crippen LogP contribution in [-0.2, 0) is 16.1 Å². The monoisotopic (exact) mass is 438 g/mol. The number of ether oxygens (including phenoxy) is 1. The van der Waals surface area contributed by atoms with Crippen molar-refractivity contribution in [1.29, 1.82) is 0 Å². The van der Waals surface area contributed by atoms with E-state index in [0.717, 1.165) is 31.2 Å². The molecule has 1 saturated heterocycles. The molecule has 1 aromatic rings. The average Bonchev–Trinajstić information content (AvgIpc) is 3.12. The molecule has 5 heteroatoms. The van der Waals surface area contributed by atoms with Crippen molar-refractivity contribution >= 4 is 12.0 Å². The number of carbonyl (C=O) groups excluding carboxylic acids is 2. The molecule has 4 aliphatic rings. The van der Waals surface area contributed by atoms with Gasteiger partial charge in [-0.05, 0) is 79.1 Å². The predicted molar refractivity (Wildman–Crippen MR) is 124 cm³/mol. The number of benzene rings is 1. The fourth-order valence-corrected chi connectivity index (χ4v) is 8.20. The number of amides is 2. The molecule has 1 heterocycles. The number of likely N-dealkylation sites (tertiary alicyclic amines) is 1. The van der Waals surface area contributed by atoms with Crippen LogP contribution in [0, 0.1) is 28.6 Å². The maximum Gasteiger partial charge on any atom is 0.407 e. The third-order valence-electron chi connectivity index (χ3n) is 9.84. The van der Waals surface area contributed by atoms with Crippen LogP contribution in [0.15, 0.2) is 30.3 Å². The van der Waals surface area contributed by atoms with Crippen molar-refractivity contribution < 1.29 is 14.3 Å². The Bertz CT molecular complexity index is 873. The largest absolute Gasteiger partial charge is 0.446 e. The number of rotatable bonds is 3. The molecular weight excluding hydrogens is 400 g/mol. The molecule has 3 saturated carbocycles. The zero-order valence-electron chi connectivity index (χ0n) is 19.8. The molecule has 0 aromatic heterocycles. The van der Waals surface area contributed by atoms with E-state index in [1.54, 1.807) is 0 Å². The number of piperidine rings is 1. The van der Waals surface area contributed by atoms with E-state index in [0.29, 0.717) is 42.7 Å². The maximum absolute atomic E-state index is 12.5. The van der Waals surface area contributed by atoms with Crippen LogP contribution in [0.5, 0.6) is 0 Å². The number of nitrogens with zero attached hydrogens (tertiary/aromatic N) is 1. The van der Waals surface area contributed by atoms with Crippen LogP contribution in [-0.4, -0.2) is 36.1 Å². The summed E-state index contributed by atoms with van der Waals surface area (Å²) in [6.45, 7) is 5.40. The minimum atomic E-state index is -0.291. The third-order valence-corrected chi connectivity index (χ3v) is 9.84. The molecule has 5 rings (SSSR count). The highest BCUT2D eigenvalue weighted by Gasteiger charge is 2.60. The summed E-state index contributed by atoms with van der Waals surface area (Å²) in [5, 5.41) is 2.93. The summed E-state index contributed by atoms with van der Waals surface area (Å²) in [6.07, 6.45) is 8.22. The summed E-state index contributed by atoms with van der Waals surface area (Å²) in [6, 6.07) is 10.4. The van der Waals surface area contributed by atoms with E-state index in [-0.39, 0.29) is 23.0 Å². The van der Waals surface area contributed by atoms with Crippen molar-refractivity contribution in [2.75, 3.05) is 7.05 Å². The molecule has 1 aliphatic heterocycles. The Hall–Kier alpha value is -2.04. The second-order valence-corrected chi connectivity index (χ2v) is 11.5. The lowest BCUT2D eigenvalue weighted by atomic mass is 9.47. The molecule has 32 heavy (non-hydrogen) atoms. The van der Waals surface area contributed by atoms with E-state index in [1.165, 1.54) is 19.3 Å². The molecule has 1 N–H and O–H groups in total. The van der Waals surface area contributed by atoms with Gasteiger partial charge in [0.25, 0.3) is 0 Å². The Labute approximate surface area is 192 Å². The van der Waals surface area contributed by atoms with E-state index in [9.17, 15) is 9.59 Å². The number of fused-ring (bicyclic) bond motifs is 5. The summed E-state index contributed by atoms with van der Waals surface area (Å²) < 4.78 is 5.93. The summed E-state index contributed by atoms with van der Waals surface area (Å²) in [7, 11) is 2.02. The molecule has 7 atom stereocenters. The molecule has 2 amide bonds. The van der Waals surface area contributed by atoms with E-state index < -0.39 is 0 Å². The van der Waals surface area contributed by atoms with E-state index in [4.69, 9.17) is 4.74 Å². The maximum atomic E-state index is 12.5. The Morgan fingerprint density at radius 1 is 1.12 bits per heavy atom. The van der Waals surface area contributed by atoms with Crippen molar-refractivity contribution in [3.05, 3.63) is 35.9 Å². The van der Waals surface area contributed by atoms with Gasteiger partial charge in [0, 0.05) is 26.1 Å². The molecule has 4 fully saturated rings. The lowest BCUT2D eigenvalue weighted by Gasteiger charge is -2.61. The van der Waals surface area contributed by atoms with Crippen molar-refractivity contribution in [3.63, 3.8) is 0 Å². The van der Waals surface area contributed by atoms with E-state index >= 15 is 0 Å². The number of carbonyl (C=O) groups is 2. The first kappa shape index (κ1) is 21.8. The van der Waals surface area contributed by atoms with Gasteiger partial charge in [0.2, 0.25) is 5.91 Å². The smallest absolute Gasteiger partial charge is 0.407 e. The first-order valence-corrected chi connectivity index (χ1v) is 12.5. The highest BCUT2D eigenvalue weighted by Crippen LogP contribution is 2.64.